The highest BCUT2D eigenvalue weighted by Crippen LogP contribution is 2.19. The van der Waals surface area contributed by atoms with E-state index in [0.717, 1.165) is 27.0 Å². The van der Waals surface area contributed by atoms with Crippen LogP contribution in [0.2, 0.25) is 0 Å². The zero-order valence-electron chi connectivity index (χ0n) is 7.66. The Labute approximate surface area is 95.6 Å². The maximum atomic E-state index is 5.70. The third-order valence-corrected chi connectivity index (χ3v) is 4.11. The Balaban J connectivity index is 2.10. The number of hydrogen-bond acceptors (Lipinski definition) is 4. The highest BCUT2D eigenvalue weighted by Gasteiger charge is 2.05. The minimum absolute atomic E-state index is 0.550. The van der Waals surface area contributed by atoms with Gasteiger partial charge in [-0.05, 0) is 6.92 Å². The second kappa shape index (κ2) is 4.38. The molecular weight excluding hydrogens is 236 g/mol. The van der Waals surface area contributed by atoms with Crippen molar-refractivity contribution in [1.29, 1.82) is 0 Å². The number of aryl methyl sites for hydroxylation is 1. The smallest absolute Gasteiger partial charge is 0.0996 e. The minimum Gasteiger partial charge on any atom is -0.249 e. The average Bonchev–Trinajstić information content (AvgIpc) is 2.76. The molecular formula is C9H9ClN2S2. The molecule has 0 bridgehead atoms. The van der Waals surface area contributed by atoms with Crippen molar-refractivity contribution in [2.45, 2.75) is 19.2 Å². The molecule has 14 heavy (non-hydrogen) atoms. The van der Waals surface area contributed by atoms with Crippen LogP contribution in [-0.4, -0.2) is 9.97 Å². The van der Waals surface area contributed by atoms with Crippen molar-refractivity contribution in [2.24, 2.45) is 0 Å². The van der Waals surface area contributed by atoms with Crippen molar-refractivity contribution >= 4 is 34.3 Å². The lowest BCUT2D eigenvalue weighted by atomic mass is 10.4. The maximum Gasteiger partial charge on any atom is 0.0996 e. The molecule has 0 atom stereocenters. The summed E-state index contributed by atoms with van der Waals surface area (Å²) >= 11 is 9.05. The van der Waals surface area contributed by atoms with Gasteiger partial charge in [0.15, 0.2) is 0 Å². The highest BCUT2D eigenvalue weighted by atomic mass is 35.5. The normalized spacial score (nSPS) is 10.7. The fourth-order valence-electron chi connectivity index (χ4n) is 1.10. The number of aromatic nitrogens is 2. The van der Waals surface area contributed by atoms with E-state index >= 15 is 0 Å². The maximum absolute atomic E-state index is 5.70. The number of rotatable bonds is 3. The van der Waals surface area contributed by atoms with Crippen molar-refractivity contribution in [3.05, 3.63) is 32.2 Å². The van der Waals surface area contributed by atoms with Crippen LogP contribution < -0.4 is 0 Å². The topological polar surface area (TPSA) is 25.8 Å². The largest absolute Gasteiger partial charge is 0.249 e. The van der Waals surface area contributed by atoms with E-state index in [1.54, 1.807) is 22.7 Å². The van der Waals surface area contributed by atoms with E-state index < -0.39 is 0 Å². The van der Waals surface area contributed by atoms with Gasteiger partial charge in [-0.3, -0.25) is 0 Å². The first-order valence-electron chi connectivity index (χ1n) is 4.18. The molecule has 2 heterocycles. The summed E-state index contributed by atoms with van der Waals surface area (Å²) in [7, 11) is 0. The molecule has 74 valence electrons. The molecule has 2 nitrogen and oxygen atoms in total. The highest BCUT2D eigenvalue weighted by molar-refractivity contribution is 7.12. The van der Waals surface area contributed by atoms with E-state index in [0.29, 0.717) is 5.88 Å². The first-order chi connectivity index (χ1) is 6.78. The molecule has 0 aliphatic rings. The molecule has 0 radical (unpaired) electrons. The first-order valence-corrected chi connectivity index (χ1v) is 6.41. The fourth-order valence-corrected chi connectivity index (χ4v) is 2.98. The van der Waals surface area contributed by atoms with Crippen LogP contribution in [0.4, 0.5) is 0 Å². The molecule has 0 saturated carbocycles. The second-order valence-electron chi connectivity index (χ2n) is 2.91. The number of alkyl halides is 1. The minimum atomic E-state index is 0.550. The Morgan fingerprint density at radius 3 is 2.86 bits per heavy atom. The predicted octanol–water partition coefficient (Wildman–Crippen LogP) is 3.24. The molecule has 2 aromatic rings. The summed E-state index contributed by atoms with van der Waals surface area (Å²) in [6.45, 7) is 2.01. The summed E-state index contributed by atoms with van der Waals surface area (Å²) in [5, 5.41) is 4.28. The summed E-state index contributed by atoms with van der Waals surface area (Å²) in [6.07, 6.45) is 2.67. The van der Waals surface area contributed by atoms with Gasteiger partial charge in [-0.2, -0.15) is 0 Å². The number of nitrogens with zero attached hydrogens (tertiary/aromatic N) is 2. The quantitative estimate of drug-likeness (QED) is 0.775. The van der Waals surface area contributed by atoms with E-state index in [1.165, 1.54) is 0 Å². The van der Waals surface area contributed by atoms with Gasteiger partial charge in [-0.25, -0.2) is 9.97 Å². The van der Waals surface area contributed by atoms with Crippen LogP contribution in [0.1, 0.15) is 20.6 Å². The summed E-state index contributed by atoms with van der Waals surface area (Å²) in [5.41, 5.74) is 1.08. The summed E-state index contributed by atoms with van der Waals surface area (Å²) in [4.78, 5) is 9.81. The monoisotopic (exact) mass is 244 g/mol. The molecule has 0 amide bonds. The Morgan fingerprint density at radius 2 is 2.29 bits per heavy atom. The van der Waals surface area contributed by atoms with Gasteiger partial charge in [0.05, 0.1) is 22.3 Å². The Hall–Kier alpha value is -0.450. The van der Waals surface area contributed by atoms with Gasteiger partial charge in [0.25, 0.3) is 0 Å². The van der Waals surface area contributed by atoms with Crippen LogP contribution in [0.3, 0.4) is 0 Å². The zero-order chi connectivity index (χ0) is 9.97. The van der Waals surface area contributed by atoms with Gasteiger partial charge >= 0.3 is 0 Å². The van der Waals surface area contributed by atoms with Gasteiger partial charge in [0.1, 0.15) is 0 Å². The molecule has 2 aromatic heterocycles. The van der Waals surface area contributed by atoms with E-state index in [-0.39, 0.29) is 0 Å². The lowest BCUT2D eigenvalue weighted by Crippen LogP contribution is -1.85. The molecule has 0 fully saturated rings. The lowest BCUT2D eigenvalue weighted by Gasteiger charge is -1.89. The van der Waals surface area contributed by atoms with Gasteiger partial charge in [-0.15, -0.1) is 34.3 Å². The molecule has 2 rings (SSSR count). The third kappa shape index (κ3) is 2.32. The molecule has 0 saturated heterocycles. The summed E-state index contributed by atoms with van der Waals surface area (Å²) in [5.74, 6) is 0.550. The van der Waals surface area contributed by atoms with E-state index in [2.05, 4.69) is 15.3 Å². The third-order valence-electron chi connectivity index (χ3n) is 1.70. The Morgan fingerprint density at radius 1 is 1.43 bits per heavy atom. The summed E-state index contributed by atoms with van der Waals surface area (Å²) < 4.78 is 0. The zero-order valence-corrected chi connectivity index (χ0v) is 10.0. The van der Waals surface area contributed by atoms with Gasteiger partial charge in [0.2, 0.25) is 0 Å². The second-order valence-corrected chi connectivity index (χ2v) is 5.32. The van der Waals surface area contributed by atoms with E-state index in [4.69, 9.17) is 11.6 Å². The van der Waals surface area contributed by atoms with Crippen molar-refractivity contribution in [2.75, 3.05) is 0 Å². The molecule has 0 aliphatic carbocycles. The van der Waals surface area contributed by atoms with Crippen LogP contribution >= 0.6 is 34.3 Å². The predicted molar refractivity (Wildman–Crippen MR) is 61.3 cm³/mol. The number of thiazole rings is 2. The van der Waals surface area contributed by atoms with Crippen LogP contribution in [0.25, 0.3) is 0 Å². The molecule has 0 spiro atoms. The van der Waals surface area contributed by atoms with Crippen molar-refractivity contribution in [1.82, 2.24) is 9.97 Å². The molecule has 0 aliphatic heterocycles. The Kier molecular flexibility index (Phi) is 3.15. The van der Waals surface area contributed by atoms with Crippen molar-refractivity contribution in [3.63, 3.8) is 0 Å². The van der Waals surface area contributed by atoms with Gasteiger partial charge in [0, 0.05) is 22.1 Å². The Bertz CT molecular complexity index is 422. The van der Waals surface area contributed by atoms with E-state index in [9.17, 15) is 0 Å². The van der Waals surface area contributed by atoms with Crippen LogP contribution in [-0.2, 0) is 12.3 Å². The average molecular weight is 245 g/mol. The van der Waals surface area contributed by atoms with Crippen molar-refractivity contribution < 1.29 is 0 Å². The molecule has 0 unspecified atom stereocenters. The molecule has 5 heteroatoms. The first kappa shape index (κ1) is 10.1. The number of hydrogen-bond donors (Lipinski definition) is 0. The van der Waals surface area contributed by atoms with Gasteiger partial charge < -0.3 is 0 Å². The SMILES string of the molecule is Cc1csc(Cc2ncc(CCl)s2)n1. The molecule has 0 N–H and O–H groups in total. The standard InChI is InChI=1S/C9H9ClN2S2/c1-6-5-13-9(12-6)2-8-11-4-7(3-10)14-8/h4-5H,2-3H2,1H3. The van der Waals surface area contributed by atoms with Crippen LogP contribution in [0.5, 0.6) is 0 Å². The van der Waals surface area contributed by atoms with Gasteiger partial charge in [-0.1, -0.05) is 0 Å². The van der Waals surface area contributed by atoms with Crippen LogP contribution in [0, 0.1) is 6.92 Å². The fraction of sp³-hybridized carbons (Fsp3) is 0.333. The van der Waals surface area contributed by atoms with Crippen LogP contribution in [0.15, 0.2) is 11.6 Å². The lowest BCUT2D eigenvalue weighted by molar-refractivity contribution is 1.08. The van der Waals surface area contributed by atoms with E-state index in [1.807, 2.05) is 13.1 Å². The summed E-state index contributed by atoms with van der Waals surface area (Å²) in [6, 6.07) is 0. The van der Waals surface area contributed by atoms with Crippen molar-refractivity contribution in [3.8, 4) is 0 Å². The molecule has 0 aromatic carbocycles. The number of halogens is 1.